The average Bonchev–Trinajstić information content (AvgIpc) is 2.81. The minimum Gasteiger partial charge on any atom is -0.388 e. The van der Waals surface area contributed by atoms with Crippen LogP contribution in [0, 0.1) is 0 Å². The predicted octanol–water partition coefficient (Wildman–Crippen LogP) is 3.87. The first kappa shape index (κ1) is 16.0. The van der Waals surface area contributed by atoms with Crippen molar-refractivity contribution >= 4 is 15.9 Å². The Morgan fingerprint density at radius 1 is 1.38 bits per heavy atom. The standard InChI is InChI=1S/C14H14BrF3N2O/c1-20-8-9(7-19-20)2-5-13(21)11-4-3-10(15)6-12(11)14(16,17)18/h3-4,6-8,13,21H,2,5H2,1H3. The fourth-order valence-electron chi connectivity index (χ4n) is 2.12. The SMILES string of the molecule is Cn1cc(CCC(O)c2ccc(Br)cc2C(F)(F)F)cn1. The van der Waals surface area contributed by atoms with Gasteiger partial charge in [0.15, 0.2) is 0 Å². The highest BCUT2D eigenvalue weighted by molar-refractivity contribution is 9.10. The van der Waals surface area contributed by atoms with Crippen LogP contribution < -0.4 is 0 Å². The van der Waals surface area contributed by atoms with Gasteiger partial charge in [-0.05, 0) is 36.1 Å². The van der Waals surface area contributed by atoms with Crippen LogP contribution in [0.2, 0.25) is 0 Å². The molecule has 114 valence electrons. The zero-order valence-corrected chi connectivity index (χ0v) is 12.8. The molecule has 0 saturated carbocycles. The van der Waals surface area contributed by atoms with Crippen molar-refractivity contribution in [1.29, 1.82) is 0 Å². The van der Waals surface area contributed by atoms with Crippen LogP contribution in [0.1, 0.15) is 29.2 Å². The Kier molecular flexibility index (Phi) is 4.73. The molecule has 2 aromatic rings. The van der Waals surface area contributed by atoms with Crippen LogP contribution in [0.4, 0.5) is 13.2 Å². The van der Waals surface area contributed by atoms with Gasteiger partial charge in [-0.2, -0.15) is 18.3 Å². The Morgan fingerprint density at radius 3 is 2.67 bits per heavy atom. The van der Waals surface area contributed by atoms with Crippen LogP contribution in [0.25, 0.3) is 0 Å². The van der Waals surface area contributed by atoms with E-state index in [4.69, 9.17) is 0 Å². The molecule has 1 N–H and O–H groups in total. The highest BCUT2D eigenvalue weighted by Gasteiger charge is 2.35. The van der Waals surface area contributed by atoms with Crippen LogP contribution in [0.15, 0.2) is 35.1 Å². The second-order valence-electron chi connectivity index (χ2n) is 4.81. The first-order valence-corrected chi connectivity index (χ1v) is 7.09. The van der Waals surface area contributed by atoms with Crippen molar-refractivity contribution in [3.05, 3.63) is 51.8 Å². The molecule has 1 aromatic carbocycles. The summed E-state index contributed by atoms with van der Waals surface area (Å²) in [7, 11) is 1.76. The summed E-state index contributed by atoms with van der Waals surface area (Å²) in [6.07, 6.45) is -1.58. The van der Waals surface area contributed by atoms with Gasteiger partial charge in [0.25, 0.3) is 0 Å². The maximum absolute atomic E-state index is 13.0. The third-order valence-corrected chi connectivity index (χ3v) is 3.64. The lowest BCUT2D eigenvalue weighted by Gasteiger charge is -2.17. The maximum atomic E-state index is 13.0. The molecule has 1 atom stereocenters. The van der Waals surface area contributed by atoms with E-state index in [2.05, 4.69) is 21.0 Å². The Balaban J connectivity index is 2.17. The molecule has 0 bridgehead atoms. The number of benzene rings is 1. The van der Waals surface area contributed by atoms with E-state index in [1.54, 1.807) is 24.1 Å². The first-order chi connectivity index (χ1) is 9.77. The van der Waals surface area contributed by atoms with Crippen molar-refractivity contribution in [1.82, 2.24) is 9.78 Å². The van der Waals surface area contributed by atoms with E-state index in [-0.39, 0.29) is 12.0 Å². The quantitative estimate of drug-likeness (QED) is 0.896. The number of nitrogens with zero attached hydrogens (tertiary/aromatic N) is 2. The smallest absolute Gasteiger partial charge is 0.388 e. The van der Waals surface area contributed by atoms with Crippen molar-refractivity contribution in [2.75, 3.05) is 0 Å². The zero-order valence-electron chi connectivity index (χ0n) is 11.2. The van der Waals surface area contributed by atoms with Gasteiger partial charge in [0.1, 0.15) is 0 Å². The van der Waals surface area contributed by atoms with Gasteiger partial charge in [-0.25, -0.2) is 0 Å². The van der Waals surface area contributed by atoms with E-state index >= 15 is 0 Å². The number of aryl methyl sites for hydroxylation is 2. The number of rotatable bonds is 4. The van der Waals surface area contributed by atoms with Crippen LogP contribution >= 0.6 is 15.9 Å². The molecule has 0 amide bonds. The molecule has 7 heteroatoms. The van der Waals surface area contributed by atoms with Crippen molar-refractivity contribution in [2.45, 2.75) is 25.1 Å². The second kappa shape index (κ2) is 6.19. The molecule has 0 aliphatic rings. The normalized spacial score (nSPS) is 13.4. The average molecular weight is 363 g/mol. The number of aliphatic hydroxyl groups is 1. The third kappa shape index (κ3) is 4.07. The number of alkyl halides is 3. The van der Waals surface area contributed by atoms with Crippen LogP contribution in [-0.2, 0) is 19.6 Å². The summed E-state index contributed by atoms with van der Waals surface area (Å²) >= 11 is 3.02. The van der Waals surface area contributed by atoms with Crippen molar-refractivity contribution in [2.24, 2.45) is 7.05 Å². The fourth-order valence-corrected chi connectivity index (χ4v) is 2.49. The Morgan fingerprint density at radius 2 is 2.10 bits per heavy atom. The maximum Gasteiger partial charge on any atom is 0.416 e. The lowest BCUT2D eigenvalue weighted by Crippen LogP contribution is -2.12. The van der Waals surface area contributed by atoms with E-state index in [9.17, 15) is 18.3 Å². The number of aromatic nitrogens is 2. The largest absolute Gasteiger partial charge is 0.416 e. The molecule has 0 aliphatic heterocycles. The van der Waals surface area contributed by atoms with Gasteiger partial charge >= 0.3 is 6.18 Å². The van der Waals surface area contributed by atoms with E-state index in [0.29, 0.717) is 10.9 Å². The van der Waals surface area contributed by atoms with E-state index in [1.807, 2.05) is 0 Å². The molecular formula is C14H14BrF3N2O. The van der Waals surface area contributed by atoms with Crippen molar-refractivity contribution in [3.63, 3.8) is 0 Å². The van der Waals surface area contributed by atoms with Gasteiger partial charge in [-0.15, -0.1) is 0 Å². The Labute approximate surface area is 128 Å². The van der Waals surface area contributed by atoms with Crippen molar-refractivity contribution < 1.29 is 18.3 Å². The predicted molar refractivity (Wildman–Crippen MR) is 75.6 cm³/mol. The Hall–Kier alpha value is -1.34. The molecule has 1 unspecified atom stereocenters. The summed E-state index contributed by atoms with van der Waals surface area (Å²) in [5.41, 5.74) is -0.0348. The molecular weight excluding hydrogens is 349 g/mol. The third-order valence-electron chi connectivity index (χ3n) is 3.14. The van der Waals surface area contributed by atoms with Crippen molar-refractivity contribution in [3.8, 4) is 0 Å². The van der Waals surface area contributed by atoms with Gasteiger partial charge in [0.05, 0.1) is 17.9 Å². The van der Waals surface area contributed by atoms with Gasteiger partial charge in [-0.3, -0.25) is 4.68 Å². The van der Waals surface area contributed by atoms with E-state index in [0.717, 1.165) is 11.6 Å². The lowest BCUT2D eigenvalue weighted by atomic mass is 9.97. The van der Waals surface area contributed by atoms with Crippen LogP contribution in [-0.4, -0.2) is 14.9 Å². The summed E-state index contributed by atoms with van der Waals surface area (Å²) in [5.74, 6) is 0. The summed E-state index contributed by atoms with van der Waals surface area (Å²) in [6, 6.07) is 3.79. The second-order valence-corrected chi connectivity index (χ2v) is 5.72. The minimum atomic E-state index is -4.49. The van der Waals surface area contributed by atoms with Gasteiger partial charge in [0.2, 0.25) is 0 Å². The highest BCUT2D eigenvalue weighted by atomic mass is 79.9. The molecule has 0 radical (unpaired) electrons. The molecule has 21 heavy (non-hydrogen) atoms. The molecule has 3 nitrogen and oxygen atoms in total. The zero-order chi connectivity index (χ0) is 15.6. The first-order valence-electron chi connectivity index (χ1n) is 6.29. The number of hydrogen-bond donors (Lipinski definition) is 1. The molecule has 2 rings (SSSR count). The molecule has 0 fully saturated rings. The van der Waals surface area contributed by atoms with Crippen LogP contribution in [0.5, 0.6) is 0 Å². The Bertz CT molecular complexity index is 625. The number of hydrogen-bond acceptors (Lipinski definition) is 2. The fraction of sp³-hybridized carbons (Fsp3) is 0.357. The molecule has 0 aliphatic carbocycles. The monoisotopic (exact) mass is 362 g/mol. The van der Waals surface area contributed by atoms with Gasteiger partial charge in [-0.1, -0.05) is 22.0 Å². The molecule has 1 aromatic heterocycles. The summed E-state index contributed by atoms with van der Waals surface area (Å²) in [4.78, 5) is 0. The minimum absolute atomic E-state index is 0.102. The summed E-state index contributed by atoms with van der Waals surface area (Å²) < 4.78 is 41.0. The summed E-state index contributed by atoms with van der Waals surface area (Å²) in [5, 5.41) is 14.1. The number of halogens is 4. The molecule has 0 saturated heterocycles. The topological polar surface area (TPSA) is 38.0 Å². The molecule has 1 heterocycles. The lowest BCUT2D eigenvalue weighted by molar-refractivity contribution is -0.139. The van der Waals surface area contributed by atoms with Gasteiger partial charge in [0, 0.05) is 17.7 Å². The summed E-state index contributed by atoms with van der Waals surface area (Å²) in [6.45, 7) is 0. The van der Waals surface area contributed by atoms with Gasteiger partial charge < -0.3 is 5.11 Å². The highest BCUT2D eigenvalue weighted by Crippen LogP contribution is 2.37. The van der Waals surface area contributed by atoms with E-state index < -0.39 is 17.8 Å². The molecule has 0 spiro atoms. The number of aliphatic hydroxyl groups excluding tert-OH is 1. The van der Waals surface area contributed by atoms with Crippen LogP contribution in [0.3, 0.4) is 0 Å². The van der Waals surface area contributed by atoms with E-state index in [1.165, 1.54) is 12.1 Å².